The molecule has 6 heteroatoms. The fourth-order valence-electron chi connectivity index (χ4n) is 1.82. The molecular formula is C14H12Br2O3S. The number of rotatable bonds is 3. The highest BCUT2D eigenvalue weighted by Gasteiger charge is 2.20. The first-order valence-electron chi connectivity index (χ1n) is 5.76. The second-order valence-electron chi connectivity index (χ2n) is 4.44. The number of aryl methyl sites for hydroxylation is 2. The molecule has 0 heterocycles. The SMILES string of the molecule is Cc1cc(C)cc(OS(=O)(=O)c2cc(Br)ccc2Br)c1. The summed E-state index contributed by atoms with van der Waals surface area (Å²) in [6.07, 6.45) is 0. The van der Waals surface area contributed by atoms with Gasteiger partial charge in [-0.25, -0.2) is 0 Å². The third-order valence-electron chi connectivity index (χ3n) is 2.56. The summed E-state index contributed by atoms with van der Waals surface area (Å²) in [5, 5.41) is 0. The molecule has 2 aromatic rings. The van der Waals surface area contributed by atoms with Gasteiger partial charge in [0.25, 0.3) is 0 Å². The van der Waals surface area contributed by atoms with Gasteiger partial charge in [0.1, 0.15) is 10.6 Å². The van der Waals surface area contributed by atoms with Crippen molar-refractivity contribution in [1.82, 2.24) is 0 Å². The minimum Gasteiger partial charge on any atom is -0.379 e. The quantitative estimate of drug-likeness (QED) is 0.683. The molecule has 20 heavy (non-hydrogen) atoms. The third-order valence-corrected chi connectivity index (χ3v) is 5.30. The van der Waals surface area contributed by atoms with Crippen LogP contribution in [0, 0.1) is 13.8 Å². The Morgan fingerprint density at radius 2 is 1.55 bits per heavy atom. The van der Waals surface area contributed by atoms with Gasteiger partial charge in [-0.15, -0.1) is 0 Å². The van der Waals surface area contributed by atoms with Crippen LogP contribution < -0.4 is 4.18 Å². The zero-order chi connectivity index (χ0) is 14.9. The molecule has 0 aromatic heterocycles. The minimum absolute atomic E-state index is 0.0889. The Hall–Kier alpha value is -0.850. The van der Waals surface area contributed by atoms with E-state index in [1.165, 1.54) is 6.07 Å². The number of benzene rings is 2. The maximum Gasteiger partial charge on any atom is 0.340 e. The van der Waals surface area contributed by atoms with Gasteiger partial charge in [0.15, 0.2) is 0 Å². The predicted molar refractivity (Wildman–Crippen MR) is 85.6 cm³/mol. The molecule has 0 fully saturated rings. The minimum atomic E-state index is -3.88. The first-order chi connectivity index (χ1) is 9.28. The normalized spacial score (nSPS) is 11.4. The Bertz CT molecular complexity index is 735. The lowest BCUT2D eigenvalue weighted by Crippen LogP contribution is -2.10. The van der Waals surface area contributed by atoms with E-state index in [1.54, 1.807) is 24.3 Å². The van der Waals surface area contributed by atoms with Crippen molar-refractivity contribution in [3.05, 3.63) is 56.5 Å². The van der Waals surface area contributed by atoms with Crippen LogP contribution in [0.3, 0.4) is 0 Å². The molecule has 0 bridgehead atoms. The van der Waals surface area contributed by atoms with Crippen molar-refractivity contribution >= 4 is 42.0 Å². The molecule has 0 aliphatic carbocycles. The van der Waals surface area contributed by atoms with Crippen molar-refractivity contribution in [3.8, 4) is 5.75 Å². The summed E-state index contributed by atoms with van der Waals surface area (Å²) in [4.78, 5) is 0.0889. The molecule has 0 aliphatic heterocycles. The van der Waals surface area contributed by atoms with Gasteiger partial charge in [0, 0.05) is 8.95 Å². The van der Waals surface area contributed by atoms with E-state index in [2.05, 4.69) is 31.9 Å². The van der Waals surface area contributed by atoms with E-state index in [0.717, 1.165) is 11.1 Å². The lowest BCUT2D eigenvalue weighted by atomic mass is 10.1. The molecule has 0 saturated carbocycles. The molecule has 0 amide bonds. The molecule has 0 radical (unpaired) electrons. The highest BCUT2D eigenvalue weighted by molar-refractivity contribution is 9.11. The Morgan fingerprint density at radius 1 is 0.950 bits per heavy atom. The lowest BCUT2D eigenvalue weighted by Gasteiger charge is -2.10. The van der Waals surface area contributed by atoms with Gasteiger partial charge in [-0.05, 0) is 71.2 Å². The van der Waals surface area contributed by atoms with Gasteiger partial charge in [-0.3, -0.25) is 0 Å². The fourth-order valence-corrected chi connectivity index (χ4v) is 4.19. The average molecular weight is 420 g/mol. The van der Waals surface area contributed by atoms with Crippen LogP contribution in [0.15, 0.2) is 50.2 Å². The molecule has 0 aliphatic rings. The van der Waals surface area contributed by atoms with Crippen LogP contribution >= 0.6 is 31.9 Å². The molecule has 0 atom stereocenters. The van der Waals surface area contributed by atoms with Crippen LogP contribution in [-0.4, -0.2) is 8.42 Å². The molecule has 2 rings (SSSR count). The Balaban J connectivity index is 2.43. The highest BCUT2D eigenvalue weighted by Crippen LogP contribution is 2.28. The number of halogens is 2. The summed E-state index contributed by atoms with van der Waals surface area (Å²) in [7, 11) is -3.88. The van der Waals surface area contributed by atoms with E-state index in [4.69, 9.17) is 4.18 Å². The van der Waals surface area contributed by atoms with Crippen LogP contribution in [0.25, 0.3) is 0 Å². The van der Waals surface area contributed by atoms with Gasteiger partial charge in [0.05, 0.1) is 0 Å². The largest absolute Gasteiger partial charge is 0.379 e. The summed E-state index contributed by atoms with van der Waals surface area (Å²) in [5.74, 6) is 0.314. The van der Waals surface area contributed by atoms with Gasteiger partial charge >= 0.3 is 10.1 Å². The van der Waals surface area contributed by atoms with Crippen molar-refractivity contribution in [3.63, 3.8) is 0 Å². The van der Waals surface area contributed by atoms with Crippen molar-refractivity contribution < 1.29 is 12.6 Å². The topological polar surface area (TPSA) is 43.4 Å². The summed E-state index contributed by atoms with van der Waals surface area (Å²) >= 11 is 6.49. The molecule has 2 aromatic carbocycles. The number of hydrogen-bond acceptors (Lipinski definition) is 3. The van der Waals surface area contributed by atoms with Crippen LogP contribution in [0.4, 0.5) is 0 Å². The van der Waals surface area contributed by atoms with Gasteiger partial charge in [-0.2, -0.15) is 8.42 Å². The van der Waals surface area contributed by atoms with E-state index in [0.29, 0.717) is 14.7 Å². The van der Waals surface area contributed by atoms with E-state index in [9.17, 15) is 8.42 Å². The van der Waals surface area contributed by atoms with Crippen LogP contribution in [0.5, 0.6) is 5.75 Å². The maximum atomic E-state index is 12.3. The Labute approximate surface area is 135 Å². The van der Waals surface area contributed by atoms with Crippen LogP contribution in [-0.2, 0) is 10.1 Å². The second-order valence-corrected chi connectivity index (χ2v) is 7.72. The maximum absolute atomic E-state index is 12.3. The summed E-state index contributed by atoms with van der Waals surface area (Å²) in [5.41, 5.74) is 1.90. The smallest absolute Gasteiger partial charge is 0.340 e. The zero-order valence-electron chi connectivity index (χ0n) is 10.9. The van der Waals surface area contributed by atoms with Crippen LogP contribution in [0.2, 0.25) is 0 Å². The summed E-state index contributed by atoms with van der Waals surface area (Å²) in [6.45, 7) is 3.78. The first-order valence-corrected chi connectivity index (χ1v) is 8.75. The summed E-state index contributed by atoms with van der Waals surface area (Å²) in [6, 6.07) is 10.2. The Kier molecular flexibility index (Phi) is 4.56. The Morgan fingerprint density at radius 3 is 2.15 bits per heavy atom. The number of hydrogen-bond donors (Lipinski definition) is 0. The fraction of sp³-hybridized carbons (Fsp3) is 0.143. The second kappa shape index (κ2) is 5.87. The van der Waals surface area contributed by atoms with E-state index in [-0.39, 0.29) is 4.90 Å². The monoisotopic (exact) mass is 418 g/mol. The molecule has 0 saturated heterocycles. The molecule has 0 unspecified atom stereocenters. The third kappa shape index (κ3) is 3.62. The van der Waals surface area contributed by atoms with Gasteiger partial charge in [-0.1, -0.05) is 22.0 Å². The zero-order valence-corrected chi connectivity index (χ0v) is 14.8. The average Bonchev–Trinajstić information content (AvgIpc) is 2.30. The van der Waals surface area contributed by atoms with Crippen molar-refractivity contribution in [1.29, 1.82) is 0 Å². The lowest BCUT2D eigenvalue weighted by molar-refractivity contribution is 0.485. The molecule has 106 valence electrons. The van der Waals surface area contributed by atoms with E-state index < -0.39 is 10.1 Å². The first kappa shape index (κ1) is 15.5. The van der Waals surface area contributed by atoms with E-state index in [1.807, 2.05) is 19.9 Å². The molecular weight excluding hydrogens is 408 g/mol. The summed E-state index contributed by atoms with van der Waals surface area (Å²) < 4.78 is 31.0. The molecule has 0 spiro atoms. The van der Waals surface area contributed by atoms with Gasteiger partial charge in [0.2, 0.25) is 0 Å². The van der Waals surface area contributed by atoms with E-state index >= 15 is 0 Å². The van der Waals surface area contributed by atoms with Crippen molar-refractivity contribution in [2.75, 3.05) is 0 Å². The standard InChI is InChI=1S/C14H12Br2O3S/c1-9-5-10(2)7-12(6-9)19-20(17,18)14-8-11(15)3-4-13(14)16/h3-8H,1-2H3. The van der Waals surface area contributed by atoms with Crippen molar-refractivity contribution in [2.24, 2.45) is 0 Å². The van der Waals surface area contributed by atoms with Crippen LogP contribution in [0.1, 0.15) is 11.1 Å². The molecule has 0 N–H and O–H groups in total. The predicted octanol–water partition coefficient (Wildman–Crippen LogP) is 4.60. The van der Waals surface area contributed by atoms with Gasteiger partial charge < -0.3 is 4.18 Å². The van der Waals surface area contributed by atoms with Crippen molar-refractivity contribution in [2.45, 2.75) is 18.7 Å². The molecule has 3 nitrogen and oxygen atoms in total. The highest BCUT2D eigenvalue weighted by atomic mass is 79.9.